The number of halogens is 2. The number of benzene rings is 1. The summed E-state index contributed by atoms with van der Waals surface area (Å²) in [5.41, 5.74) is 0.667. The summed E-state index contributed by atoms with van der Waals surface area (Å²) in [4.78, 5) is 0. The zero-order chi connectivity index (χ0) is 14.0. The lowest BCUT2D eigenvalue weighted by Crippen LogP contribution is -2.25. The molecule has 0 fully saturated rings. The number of rotatable bonds is 4. The smallest absolute Gasteiger partial charge is 0.167 e. The summed E-state index contributed by atoms with van der Waals surface area (Å²) < 4.78 is 27.6. The fraction of sp³-hybridized carbons (Fsp3) is 0.417. The van der Waals surface area contributed by atoms with Crippen molar-refractivity contribution < 1.29 is 8.78 Å². The average Bonchev–Trinajstić information content (AvgIpc) is 2.79. The third-order valence-electron chi connectivity index (χ3n) is 2.98. The van der Waals surface area contributed by atoms with Gasteiger partial charge in [0.15, 0.2) is 17.5 Å². The van der Waals surface area contributed by atoms with Gasteiger partial charge in [-0.3, -0.25) is 0 Å². The van der Waals surface area contributed by atoms with E-state index in [0.717, 1.165) is 6.07 Å². The maximum atomic E-state index is 13.2. The van der Waals surface area contributed by atoms with Crippen LogP contribution < -0.4 is 5.32 Å². The molecule has 1 aromatic carbocycles. The Balaban J connectivity index is 2.10. The van der Waals surface area contributed by atoms with Crippen LogP contribution in [0.25, 0.3) is 0 Å². The van der Waals surface area contributed by atoms with Crippen molar-refractivity contribution in [2.45, 2.75) is 25.9 Å². The summed E-state index contributed by atoms with van der Waals surface area (Å²) in [6.07, 6.45) is 0. The molecule has 5 nitrogen and oxygen atoms in total. The highest BCUT2D eigenvalue weighted by Gasteiger charge is 2.16. The van der Waals surface area contributed by atoms with Gasteiger partial charge in [0.1, 0.15) is 0 Å². The third-order valence-corrected chi connectivity index (χ3v) is 2.98. The molecule has 0 aliphatic rings. The van der Waals surface area contributed by atoms with Gasteiger partial charge in [-0.15, -0.1) is 5.10 Å². The van der Waals surface area contributed by atoms with E-state index in [4.69, 9.17) is 0 Å². The molecule has 2 aromatic rings. The van der Waals surface area contributed by atoms with Crippen LogP contribution in [0.3, 0.4) is 0 Å². The maximum Gasteiger partial charge on any atom is 0.167 e. The molecule has 0 radical (unpaired) electrons. The van der Waals surface area contributed by atoms with E-state index in [9.17, 15) is 8.78 Å². The van der Waals surface area contributed by atoms with Crippen molar-refractivity contribution in [3.05, 3.63) is 41.2 Å². The van der Waals surface area contributed by atoms with Gasteiger partial charge in [-0.2, -0.15) is 0 Å². The first-order valence-electron chi connectivity index (χ1n) is 5.92. The molecule has 2 atom stereocenters. The van der Waals surface area contributed by atoms with Crippen molar-refractivity contribution in [1.29, 1.82) is 0 Å². The van der Waals surface area contributed by atoms with Gasteiger partial charge in [-0.05, 0) is 42.0 Å². The first-order valence-corrected chi connectivity index (χ1v) is 5.92. The Kier molecular flexibility index (Phi) is 3.84. The normalized spacial score (nSPS) is 14.4. The van der Waals surface area contributed by atoms with Crippen molar-refractivity contribution in [3.63, 3.8) is 0 Å². The Bertz CT molecular complexity index is 569. The Labute approximate surface area is 109 Å². The highest BCUT2D eigenvalue weighted by Crippen LogP contribution is 2.19. The third kappa shape index (κ3) is 2.93. The van der Waals surface area contributed by atoms with E-state index < -0.39 is 11.6 Å². The average molecular weight is 267 g/mol. The number of aromatic nitrogens is 4. The molecule has 102 valence electrons. The summed E-state index contributed by atoms with van der Waals surface area (Å²) in [6.45, 7) is 3.77. The van der Waals surface area contributed by atoms with Crippen LogP contribution in [0.5, 0.6) is 0 Å². The Morgan fingerprint density at radius 1 is 1.16 bits per heavy atom. The van der Waals surface area contributed by atoms with E-state index in [2.05, 4.69) is 20.8 Å². The van der Waals surface area contributed by atoms with Crippen molar-refractivity contribution in [3.8, 4) is 0 Å². The minimum Gasteiger partial charge on any atom is -0.301 e. The van der Waals surface area contributed by atoms with E-state index in [1.807, 2.05) is 13.8 Å². The van der Waals surface area contributed by atoms with Crippen LogP contribution in [-0.2, 0) is 7.05 Å². The molecule has 0 saturated heterocycles. The van der Waals surface area contributed by atoms with E-state index in [1.165, 1.54) is 6.07 Å². The Hall–Kier alpha value is -1.89. The van der Waals surface area contributed by atoms with Gasteiger partial charge in [0.05, 0.1) is 6.04 Å². The van der Waals surface area contributed by atoms with E-state index in [1.54, 1.807) is 17.8 Å². The molecule has 7 heteroatoms. The van der Waals surface area contributed by atoms with Gasteiger partial charge < -0.3 is 5.32 Å². The zero-order valence-electron chi connectivity index (χ0n) is 10.9. The summed E-state index contributed by atoms with van der Waals surface area (Å²) in [5, 5.41) is 14.4. The summed E-state index contributed by atoms with van der Waals surface area (Å²) in [5.74, 6) is -1.02. The van der Waals surface area contributed by atoms with E-state index in [0.29, 0.717) is 11.4 Å². The van der Waals surface area contributed by atoms with Gasteiger partial charge >= 0.3 is 0 Å². The number of tetrazole rings is 1. The number of nitrogens with zero attached hydrogens (tertiary/aromatic N) is 4. The van der Waals surface area contributed by atoms with E-state index in [-0.39, 0.29) is 12.1 Å². The minimum atomic E-state index is -0.848. The van der Waals surface area contributed by atoms with Crippen LogP contribution in [-0.4, -0.2) is 20.2 Å². The molecule has 1 N–H and O–H groups in total. The highest BCUT2D eigenvalue weighted by atomic mass is 19.2. The lowest BCUT2D eigenvalue weighted by molar-refractivity contribution is 0.455. The summed E-state index contributed by atoms with van der Waals surface area (Å²) >= 11 is 0. The standard InChI is InChI=1S/C12H15F2N5/c1-7(9-4-5-10(13)11(14)6-9)15-8(2)12-16-17-18-19(12)3/h4-8,15H,1-3H3. The van der Waals surface area contributed by atoms with Crippen LogP contribution in [0.2, 0.25) is 0 Å². The van der Waals surface area contributed by atoms with E-state index >= 15 is 0 Å². The minimum absolute atomic E-state index is 0.108. The molecule has 19 heavy (non-hydrogen) atoms. The van der Waals surface area contributed by atoms with Crippen LogP contribution in [0.15, 0.2) is 18.2 Å². The number of hydrogen-bond donors (Lipinski definition) is 1. The second-order valence-corrected chi connectivity index (χ2v) is 4.44. The number of hydrogen-bond acceptors (Lipinski definition) is 4. The molecular weight excluding hydrogens is 252 g/mol. The monoisotopic (exact) mass is 267 g/mol. The molecule has 2 unspecified atom stereocenters. The fourth-order valence-corrected chi connectivity index (χ4v) is 1.93. The molecule has 0 bridgehead atoms. The molecule has 0 saturated carbocycles. The molecule has 0 amide bonds. The van der Waals surface area contributed by atoms with Crippen LogP contribution in [0.4, 0.5) is 8.78 Å². The van der Waals surface area contributed by atoms with Crippen LogP contribution in [0.1, 0.15) is 37.3 Å². The molecule has 2 rings (SSSR count). The largest absolute Gasteiger partial charge is 0.301 e. The SMILES string of the molecule is CC(NC(C)c1nnnn1C)c1ccc(F)c(F)c1. The molecular formula is C12H15F2N5. The predicted octanol–water partition coefficient (Wildman–Crippen LogP) is 1.90. The first-order chi connectivity index (χ1) is 8.99. The van der Waals surface area contributed by atoms with Crippen molar-refractivity contribution >= 4 is 0 Å². The second-order valence-electron chi connectivity index (χ2n) is 4.44. The number of nitrogens with one attached hydrogen (secondary N) is 1. The lowest BCUT2D eigenvalue weighted by atomic mass is 10.1. The second kappa shape index (κ2) is 5.40. The molecule has 0 spiro atoms. The number of aryl methyl sites for hydroxylation is 1. The van der Waals surface area contributed by atoms with Gasteiger partial charge in [0, 0.05) is 13.1 Å². The zero-order valence-corrected chi connectivity index (χ0v) is 10.9. The molecule has 1 aromatic heterocycles. The van der Waals surface area contributed by atoms with Crippen LogP contribution in [0, 0.1) is 11.6 Å². The maximum absolute atomic E-state index is 13.2. The quantitative estimate of drug-likeness (QED) is 0.919. The van der Waals surface area contributed by atoms with Gasteiger partial charge in [0.25, 0.3) is 0 Å². The summed E-state index contributed by atoms with van der Waals surface area (Å²) in [6, 6.07) is 3.61. The van der Waals surface area contributed by atoms with Gasteiger partial charge in [-0.25, -0.2) is 13.5 Å². The Morgan fingerprint density at radius 2 is 1.89 bits per heavy atom. The van der Waals surface area contributed by atoms with Crippen molar-refractivity contribution in [2.24, 2.45) is 7.05 Å². The first kappa shape index (κ1) is 13.5. The predicted molar refractivity (Wildman–Crippen MR) is 65.1 cm³/mol. The highest BCUT2D eigenvalue weighted by molar-refractivity contribution is 5.21. The molecule has 1 heterocycles. The fourth-order valence-electron chi connectivity index (χ4n) is 1.93. The topological polar surface area (TPSA) is 55.6 Å². The van der Waals surface area contributed by atoms with Gasteiger partial charge in [-0.1, -0.05) is 6.07 Å². The lowest BCUT2D eigenvalue weighted by Gasteiger charge is -2.19. The summed E-state index contributed by atoms with van der Waals surface area (Å²) in [7, 11) is 1.75. The molecule has 0 aliphatic carbocycles. The Morgan fingerprint density at radius 3 is 2.47 bits per heavy atom. The van der Waals surface area contributed by atoms with Crippen LogP contribution >= 0.6 is 0 Å². The van der Waals surface area contributed by atoms with Crippen molar-refractivity contribution in [1.82, 2.24) is 25.5 Å². The molecule has 0 aliphatic heterocycles. The van der Waals surface area contributed by atoms with Crippen molar-refractivity contribution in [2.75, 3.05) is 0 Å². The van der Waals surface area contributed by atoms with Gasteiger partial charge in [0.2, 0.25) is 0 Å².